The molecule has 1 aliphatic carbocycles. The lowest BCUT2D eigenvalue weighted by atomic mass is 9.99. The molecule has 1 saturated carbocycles. The van der Waals surface area contributed by atoms with E-state index in [1.54, 1.807) is 0 Å². The molecule has 1 aliphatic rings. The minimum Gasteiger partial charge on any atom is -0.313 e. The maximum atomic E-state index is 4.49. The molecule has 2 nitrogen and oxygen atoms in total. The van der Waals surface area contributed by atoms with Gasteiger partial charge < -0.3 is 5.32 Å². The monoisotopic (exact) mass is 260 g/mol. The summed E-state index contributed by atoms with van der Waals surface area (Å²) in [6.45, 7) is 12.9. The smallest absolute Gasteiger partial charge is 0.0419 e. The van der Waals surface area contributed by atoms with Crippen molar-refractivity contribution < 1.29 is 0 Å². The Kier molecular flexibility index (Phi) is 4.00. The molecule has 0 amide bonds. The molecule has 2 rings (SSSR count). The summed E-state index contributed by atoms with van der Waals surface area (Å²) >= 11 is 0. The molecule has 0 spiro atoms. The number of nitrogens with zero attached hydrogens (tertiary/aromatic N) is 1. The summed E-state index contributed by atoms with van der Waals surface area (Å²) in [5.41, 5.74) is 2.05. The Hall–Kier alpha value is -0.890. The lowest BCUT2D eigenvalue weighted by molar-refractivity contribution is 0.393. The molecule has 0 saturated heterocycles. The Labute approximate surface area is 118 Å². The van der Waals surface area contributed by atoms with Crippen molar-refractivity contribution in [1.82, 2.24) is 10.3 Å². The molecule has 0 aliphatic heterocycles. The average Bonchev–Trinajstić information content (AvgIpc) is 2.77. The third-order valence-corrected chi connectivity index (χ3v) is 5.35. The molecule has 0 aromatic carbocycles. The van der Waals surface area contributed by atoms with Gasteiger partial charge in [0, 0.05) is 24.4 Å². The van der Waals surface area contributed by atoms with Crippen LogP contribution in [0, 0.1) is 16.7 Å². The number of rotatable bonds is 6. The van der Waals surface area contributed by atoms with Crippen LogP contribution in [-0.2, 0) is 6.42 Å². The highest BCUT2D eigenvalue weighted by Crippen LogP contribution is 2.69. The van der Waals surface area contributed by atoms with Gasteiger partial charge in [0.15, 0.2) is 0 Å². The highest BCUT2D eigenvalue weighted by molar-refractivity contribution is 5.18. The first kappa shape index (κ1) is 14.5. The highest BCUT2D eigenvalue weighted by Gasteiger charge is 2.66. The SMILES string of the molecule is CCCNC(Cc1ccccn1)C1C(C)(C)C1(C)C. The number of hydrogen-bond donors (Lipinski definition) is 1. The van der Waals surface area contributed by atoms with E-state index in [9.17, 15) is 0 Å². The molecule has 1 fully saturated rings. The fourth-order valence-electron chi connectivity index (χ4n) is 3.64. The molecule has 106 valence electrons. The predicted octanol–water partition coefficient (Wildman–Crippen LogP) is 3.67. The van der Waals surface area contributed by atoms with Crippen molar-refractivity contribution in [2.24, 2.45) is 16.7 Å². The topological polar surface area (TPSA) is 24.9 Å². The number of aromatic nitrogens is 1. The third kappa shape index (κ3) is 2.69. The van der Waals surface area contributed by atoms with Gasteiger partial charge in [0.2, 0.25) is 0 Å². The fourth-order valence-corrected chi connectivity index (χ4v) is 3.64. The van der Waals surface area contributed by atoms with Gasteiger partial charge >= 0.3 is 0 Å². The van der Waals surface area contributed by atoms with E-state index in [2.05, 4.69) is 57.1 Å². The Bertz CT molecular complexity index is 395. The zero-order valence-corrected chi connectivity index (χ0v) is 13.0. The van der Waals surface area contributed by atoms with Crippen molar-refractivity contribution in [3.05, 3.63) is 30.1 Å². The molecule has 1 heterocycles. The van der Waals surface area contributed by atoms with Crippen molar-refractivity contribution >= 4 is 0 Å². The molecule has 1 aromatic rings. The van der Waals surface area contributed by atoms with E-state index in [1.807, 2.05) is 12.3 Å². The van der Waals surface area contributed by atoms with Crippen LogP contribution in [0.1, 0.15) is 46.7 Å². The van der Waals surface area contributed by atoms with Crippen LogP contribution in [0.4, 0.5) is 0 Å². The Morgan fingerprint density at radius 3 is 2.37 bits per heavy atom. The zero-order valence-electron chi connectivity index (χ0n) is 13.0. The van der Waals surface area contributed by atoms with E-state index in [0.717, 1.165) is 18.9 Å². The minimum atomic E-state index is 0.424. The Morgan fingerprint density at radius 2 is 1.89 bits per heavy atom. The lowest BCUT2D eigenvalue weighted by Gasteiger charge is -2.20. The molecule has 1 unspecified atom stereocenters. The van der Waals surface area contributed by atoms with E-state index in [-0.39, 0.29) is 0 Å². The fraction of sp³-hybridized carbons (Fsp3) is 0.706. The summed E-state index contributed by atoms with van der Waals surface area (Å²) in [5.74, 6) is 0.730. The highest BCUT2D eigenvalue weighted by atomic mass is 15.0. The van der Waals surface area contributed by atoms with E-state index >= 15 is 0 Å². The van der Waals surface area contributed by atoms with Gasteiger partial charge in [0.1, 0.15) is 0 Å². The molecule has 19 heavy (non-hydrogen) atoms. The first-order valence-corrected chi connectivity index (χ1v) is 7.54. The second-order valence-electron chi connectivity index (χ2n) is 7.01. The summed E-state index contributed by atoms with van der Waals surface area (Å²) in [5, 5.41) is 3.75. The van der Waals surface area contributed by atoms with Gasteiger partial charge in [-0.1, -0.05) is 40.7 Å². The summed E-state index contributed by atoms with van der Waals surface area (Å²) < 4.78 is 0. The second-order valence-corrected chi connectivity index (χ2v) is 7.01. The quantitative estimate of drug-likeness (QED) is 0.844. The summed E-state index contributed by atoms with van der Waals surface area (Å²) in [7, 11) is 0. The maximum absolute atomic E-state index is 4.49. The first-order valence-electron chi connectivity index (χ1n) is 7.54. The Morgan fingerprint density at radius 1 is 1.21 bits per heavy atom. The lowest BCUT2D eigenvalue weighted by Crippen LogP contribution is -2.36. The van der Waals surface area contributed by atoms with Gasteiger partial charge in [0.05, 0.1) is 0 Å². The van der Waals surface area contributed by atoms with Crippen LogP contribution in [-0.4, -0.2) is 17.6 Å². The zero-order chi connectivity index (χ0) is 14.1. The van der Waals surface area contributed by atoms with Crippen molar-refractivity contribution in [3.63, 3.8) is 0 Å². The molecule has 1 aromatic heterocycles. The molecular weight excluding hydrogens is 232 g/mol. The first-order chi connectivity index (χ1) is 8.91. The van der Waals surface area contributed by atoms with Crippen LogP contribution < -0.4 is 5.32 Å². The van der Waals surface area contributed by atoms with Gasteiger partial charge in [-0.15, -0.1) is 0 Å². The summed E-state index contributed by atoms with van der Waals surface area (Å²) in [4.78, 5) is 4.49. The van der Waals surface area contributed by atoms with Crippen molar-refractivity contribution in [2.45, 2.75) is 53.5 Å². The van der Waals surface area contributed by atoms with Crippen LogP contribution in [0.5, 0.6) is 0 Å². The van der Waals surface area contributed by atoms with Crippen molar-refractivity contribution in [3.8, 4) is 0 Å². The number of pyridine rings is 1. The van der Waals surface area contributed by atoms with Gasteiger partial charge in [-0.3, -0.25) is 4.98 Å². The molecular formula is C17H28N2. The number of nitrogens with one attached hydrogen (secondary N) is 1. The second kappa shape index (κ2) is 5.24. The van der Waals surface area contributed by atoms with Crippen molar-refractivity contribution in [2.75, 3.05) is 6.54 Å². The molecule has 1 atom stereocenters. The largest absolute Gasteiger partial charge is 0.313 e. The predicted molar refractivity (Wildman–Crippen MR) is 81.1 cm³/mol. The Balaban J connectivity index is 2.10. The van der Waals surface area contributed by atoms with Crippen molar-refractivity contribution in [1.29, 1.82) is 0 Å². The molecule has 2 heteroatoms. The van der Waals surface area contributed by atoms with Gasteiger partial charge in [0.25, 0.3) is 0 Å². The maximum Gasteiger partial charge on any atom is 0.0419 e. The van der Waals surface area contributed by atoms with Crippen LogP contribution in [0.3, 0.4) is 0 Å². The van der Waals surface area contributed by atoms with Gasteiger partial charge in [-0.2, -0.15) is 0 Å². The van der Waals surface area contributed by atoms with Crippen LogP contribution >= 0.6 is 0 Å². The number of hydrogen-bond acceptors (Lipinski definition) is 2. The summed E-state index contributed by atoms with van der Waals surface area (Å²) in [6.07, 6.45) is 4.13. The minimum absolute atomic E-state index is 0.424. The van der Waals surface area contributed by atoms with Gasteiger partial charge in [-0.25, -0.2) is 0 Å². The standard InChI is InChI=1S/C17H28N2/c1-6-10-19-14(12-13-9-7-8-11-18-13)15-16(2,3)17(15,4)5/h7-9,11,14-15,19H,6,10,12H2,1-5H3. The van der Waals surface area contributed by atoms with Gasteiger partial charge in [-0.05, 0) is 41.8 Å². The molecule has 0 bridgehead atoms. The van der Waals surface area contributed by atoms with E-state index < -0.39 is 0 Å². The van der Waals surface area contributed by atoms with Crippen LogP contribution in [0.2, 0.25) is 0 Å². The normalized spacial score (nSPS) is 22.2. The van der Waals surface area contributed by atoms with E-state index in [4.69, 9.17) is 0 Å². The van der Waals surface area contributed by atoms with Crippen LogP contribution in [0.15, 0.2) is 24.4 Å². The van der Waals surface area contributed by atoms with Crippen LogP contribution in [0.25, 0.3) is 0 Å². The third-order valence-electron chi connectivity index (χ3n) is 5.35. The van der Waals surface area contributed by atoms with E-state index in [1.165, 1.54) is 12.1 Å². The summed E-state index contributed by atoms with van der Waals surface area (Å²) in [6, 6.07) is 6.76. The molecule has 0 radical (unpaired) electrons. The van der Waals surface area contributed by atoms with E-state index in [0.29, 0.717) is 16.9 Å². The molecule has 1 N–H and O–H groups in total. The average molecular weight is 260 g/mol.